The van der Waals surface area contributed by atoms with E-state index in [1.54, 1.807) is 31.3 Å². The number of hydrogen-bond acceptors (Lipinski definition) is 4. The minimum Gasteiger partial charge on any atom is -0.497 e. The van der Waals surface area contributed by atoms with Crippen LogP contribution in [-0.4, -0.2) is 38.2 Å². The van der Waals surface area contributed by atoms with E-state index in [0.29, 0.717) is 18.0 Å². The van der Waals surface area contributed by atoms with E-state index in [1.807, 2.05) is 50.2 Å². The highest BCUT2D eigenvalue weighted by Crippen LogP contribution is 2.27. The predicted molar refractivity (Wildman–Crippen MR) is 97.3 cm³/mol. The largest absolute Gasteiger partial charge is 0.497 e. The average molecular weight is 343 g/mol. The van der Waals surface area contributed by atoms with Gasteiger partial charge in [0.25, 0.3) is 5.91 Å². The van der Waals surface area contributed by atoms with Crippen LogP contribution in [0.5, 0.6) is 17.2 Å². The van der Waals surface area contributed by atoms with Gasteiger partial charge in [0.15, 0.2) is 18.1 Å². The summed E-state index contributed by atoms with van der Waals surface area (Å²) in [6, 6.07) is 15.0. The Bertz CT molecular complexity index is 702. The van der Waals surface area contributed by atoms with E-state index < -0.39 is 0 Å². The maximum absolute atomic E-state index is 12.6. The van der Waals surface area contributed by atoms with Crippen LogP contribution < -0.4 is 14.2 Å². The van der Waals surface area contributed by atoms with Gasteiger partial charge in [0.1, 0.15) is 5.75 Å². The van der Waals surface area contributed by atoms with Gasteiger partial charge >= 0.3 is 0 Å². The molecule has 25 heavy (non-hydrogen) atoms. The van der Waals surface area contributed by atoms with Gasteiger partial charge < -0.3 is 19.1 Å². The molecule has 5 nitrogen and oxygen atoms in total. The molecule has 0 spiro atoms. The molecular formula is C20H25NO4. The Hall–Kier alpha value is -2.69. The summed E-state index contributed by atoms with van der Waals surface area (Å²) in [7, 11) is 3.21. The molecule has 0 N–H and O–H groups in total. The Morgan fingerprint density at radius 3 is 2.40 bits per heavy atom. The summed E-state index contributed by atoms with van der Waals surface area (Å²) < 4.78 is 16.2. The topological polar surface area (TPSA) is 48.0 Å². The maximum Gasteiger partial charge on any atom is 0.261 e. The van der Waals surface area contributed by atoms with Crippen molar-refractivity contribution in [2.75, 3.05) is 27.4 Å². The summed E-state index contributed by atoms with van der Waals surface area (Å²) in [5.41, 5.74) is 1.02. The summed E-state index contributed by atoms with van der Waals surface area (Å²) in [6.07, 6.45) is 0. The van der Waals surface area contributed by atoms with Crippen LogP contribution in [-0.2, 0) is 4.79 Å². The summed E-state index contributed by atoms with van der Waals surface area (Å²) in [5, 5.41) is 0. The molecule has 2 aromatic carbocycles. The first-order valence-corrected chi connectivity index (χ1v) is 8.30. The van der Waals surface area contributed by atoms with Gasteiger partial charge in [0.2, 0.25) is 0 Å². The van der Waals surface area contributed by atoms with E-state index in [-0.39, 0.29) is 18.6 Å². The fourth-order valence-corrected chi connectivity index (χ4v) is 2.71. The molecule has 0 aliphatic rings. The molecule has 0 radical (unpaired) electrons. The van der Waals surface area contributed by atoms with Crippen molar-refractivity contribution in [3.63, 3.8) is 0 Å². The van der Waals surface area contributed by atoms with Crippen molar-refractivity contribution in [3.8, 4) is 17.2 Å². The highest BCUT2D eigenvalue weighted by Gasteiger charge is 2.21. The summed E-state index contributed by atoms with van der Waals surface area (Å²) in [4.78, 5) is 14.4. The Balaban J connectivity index is 2.07. The van der Waals surface area contributed by atoms with Crippen molar-refractivity contribution in [2.24, 2.45) is 0 Å². The number of hydrogen-bond donors (Lipinski definition) is 0. The zero-order valence-corrected chi connectivity index (χ0v) is 15.2. The molecule has 0 aromatic heterocycles. The summed E-state index contributed by atoms with van der Waals surface area (Å²) in [6.45, 7) is 4.51. The number of ether oxygens (including phenoxy) is 3. The molecule has 0 aliphatic heterocycles. The van der Waals surface area contributed by atoms with E-state index >= 15 is 0 Å². The Morgan fingerprint density at radius 2 is 1.76 bits per heavy atom. The minimum atomic E-state index is -0.0799. The monoisotopic (exact) mass is 343 g/mol. The number of benzene rings is 2. The predicted octanol–water partition coefficient (Wildman–Crippen LogP) is 3.69. The highest BCUT2D eigenvalue weighted by atomic mass is 16.5. The second kappa shape index (κ2) is 8.97. The number of amides is 1. The molecule has 2 aromatic rings. The third-order valence-corrected chi connectivity index (χ3v) is 4.12. The number of carbonyl (C=O) groups is 1. The maximum atomic E-state index is 12.6. The van der Waals surface area contributed by atoms with Gasteiger partial charge in [-0.05, 0) is 43.7 Å². The number of rotatable bonds is 8. The van der Waals surface area contributed by atoms with Crippen LogP contribution in [0.2, 0.25) is 0 Å². The zero-order chi connectivity index (χ0) is 18.2. The van der Waals surface area contributed by atoms with Gasteiger partial charge in [-0.25, -0.2) is 0 Å². The molecule has 0 saturated heterocycles. The number of nitrogens with zero attached hydrogens (tertiary/aromatic N) is 1. The van der Waals surface area contributed by atoms with Crippen LogP contribution in [0.15, 0.2) is 48.5 Å². The van der Waals surface area contributed by atoms with Crippen molar-refractivity contribution >= 4 is 5.91 Å². The lowest BCUT2D eigenvalue weighted by Gasteiger charge is -2.28. The van der Waals surface area contributed by atoms with Crippen molar-refractivity contribution in [3.05, 3.63) is 54.1 Å². The fraction of sp³-hybridized carbons (Fsp3) is 0.350. The van der Waals surface area contributed by atoms with Gasteiger partial charge in [-0.3, -0.25) is 4.79 Å². The SMILES string of the molecule is CCN(C(=O)COc1ccccc1OC)C(C)c1cccc(OC)c1. The Labute approximate surface area is 149 Å². The van der Waals surface area contributed by atoms with Crippen LogP contribution in [0.4, 0.5) is 0 Å². The lowest BCUT2D eigenvalue weighted by molar-refractivity contribution is -0.135. The number of para-hydroxylation sites is 2. The van der Waals surface area contributed by atoms with Gasteiger partial charge in [-0.2, -0.15) is 0 Å². The Morgan fingerprint density at radius 1 is 1.04 bits per heavy atom. The van der Waals surface area contributed by atoms with Gasteiger partial charge in [0.05, 0.1) is 20.3 Å². The first-order chi connectivity index (χ1) is 12.1. The molecule has 1 amide bonds. The fourth-order valence-electron chi connectivity index (χ4n) is 2.71. The van der Waals surface area contributed by atoms with Crippen molar-refractivity contribution in [1.82, 2.24) is 4.90 Å². The van der Waals surface area contributed by atoms with Crippen molar-refractivity contribution in [2.45, 2.75) is 19.9 Å². The summed E-state index contributed by atoms with van der Waals surface area (Å²) >= 11 is 0. The quantitative estimate of drug-likeness (QED) is 0.733. The lowest BCUT2D eigenvalue weighted by Crippen LogP contribution is -2.36. The first-order valence-electron chi connectivity index (χ1n) is 8.30. The molecular weight excluding hydrogens is 318 g/mol. The molecule has 5 heteroatoms. The van der Waals surface area contributed by atoms with Crippen molar-refractivity contribution in [1.29, 1.82) is 0 Å². The lowest BCUT2D eigenvalue weighted by atomic mass is 10.1. The van der Waals surface area contributed by atoms with Gasteiger partial charge in [-0.1, -0.05) is 24.3 Å². The molecule has 0 saturated carbocycles. The Kier molecular flexibility index (Phi) is 6.69. The van der Waals surface area contributed by atoms with E-state index in [9.17, 15) is 4.79 Å². The standard InChI is InChI=1S/C20H25NO4/c1-5-21(15(2)16-9-8-10-17(13-16)23-3)20(22)14-25-19-12-7-6-11-18(19)24-4/h6-13,15H,5,14H2,1-4H3. The van der Waals surface area contributed by atoms with E-state index in [2.05, 4.69) is 0 Å². The third-order valence-electron chi connectivity index (χ3n) is 4.12. The molecule has 0 bridgehead atoms. The average Bonchev–Trinajstić information content (AvgIpc) is 2.67. The molecule has 1 unspecified atom stereocenters. The van der Waals surface area contributed by atoms with Gasteiger partial charge in [0, 0.05) is 6.54 Å². The zero-order valence-electron chi connectivity index (χ0n) is 15.2. The van der Waals surface area contributed by atoms with E-state index in [0.717, 1.165) is 11.3 Å². The molecule has 134 valence electrons. The first kappa shape index (κ1) is 18.6. The molecule has 1 atom stereocenters. The minimum absolute atomic E-state index is 0.0392. The van der Waals surface area contributed by atoms with E-state index in [1.165, 1.54) is 0 Å². The number of methoxy groups -OCH3 is 2. The third kappa shape index (κ3) is 4.66. The second-order valence-corrected chi connectivity index (χ2v) is 5.57. The number of likely N-dealkylation sites (N-methyl/N-ethyl adjacent to an activating group) is 1. The normalized spacial score (nSPS) is 11.5. The second-order valence-electron chi connectivity index (χ2n) is 5.57. The summed E-state index contributed by atoms with van der Waals surface area (Å²) in [5.74, 6) is 1.87. The molecule has 0 fully saturated rings. The highest BCUT2D eigenvalue weighted by molar-refractivity contribution is 5.78. The smallest absolute Gasteiger partial charge is 0.261 e. The van der Waals surface area contributed by atoms with Gasteiger partial charge in [-0.15, -0.1) is 0 Å². The molecule has 0 heterocycles. The number of carbonyl (C=O) groups excluding carboxylic acids is 1. The van der Waals surface area contributed by atoms with Crippen LogP contribution in [0.3, 0.4) is 0 Å². The van der Waals surface area contributed by atoms with Crippen molar-refractivity contribution < 1.29 is 19.0 Å². The van der Waals surface area contributed by atoms with Crippen LogP contribution in [0.1, 0.15) is 25.5 Å². The van der Waals surface area contributed by atoms with Crippen LogP contribution in [0, 0.1) is 0 Å². The van der Waals surface area contributed by atoms with Crippen LogP contribution in [0.25, 0.3) is 0 Å². The molecule has 0 aliphatic carbocycles. The molecule has 2 rings (SSSR count). The van der Waals surface area contributed by atoms with Crippen LogP contribution >= 0.6 is 0 Å². The van der Waals surface area contributed by atoms with E-state index in [4.69, 9.17) is 14.2 Å².